The third-order valence-electron chi connectivity index (χ3n) is 5.36. The molecule has 1 amide bonds. The molecule has 1 aliphatic heterocycles. The molecule has 29 heavy (non-hydrogen) atoms. The van der Waals surface area contributed by atoms with Gasteiger partial charge in [0.05, 0.1) is 5.56 Å². The van der Waals surface area contributed by atoms with E-state index in [4.69, 9.17) is 15.2 Å². The van der Waals surface area contributed by atoms with Crippen LogP contribution in [0.15, 0.2) is 35.7 Å². The van der Waals surface area contributed by atoms with Gasteiger partial charge in [0, 0.05) is 28.4 Å². The van der Waals surface area contributed by atoms with E-state index in [1.54, 1.807) is 11.3 Å². The quantitative estimate of drug-likeness (QED) is 0.619. The molecule has 3 aromatic rings. The van der Waals surface area contributed by atoms with E-state index in [1.165, 1.54) is 4.88 Å². The Morgan fingerprint density at radius 1 is 1.17 bits per heavy atom. The molecule has 1 aliphatic rings. The zero-order chi connectivity index (χ0) is 20.4. The summed E-state index contributed by atoms with van der Waals surface area (Å²) in [6, 6.07) is 10.1. The number of thiophene rings is 1. The molecule has 0 atom stereocenters. The highest BCUT2D eigenvalue weighted by Gasteiger charge is 2.25. The maximum atomic E-state index is 12.5. The molecular formula is C23H26N2O3S. The number of aromatic nitrogens is 1. The Morgan fingerprint density at radius 2 is 1.97 bits per heavy atom. The number of amides is 1. The molecule has 152 valence electrons. The van der Waals surface area contributed by atoms with Crippen molar-refractivity contribution in [2.75, 3.05) is 13.2 Å². The Kier molecular flexibility index (Phi) is 5.62. The van der Waals surface area contributed by atoms with Gasteiger partial charge in [0.15, 0.2) is 11.5 Å². The molecule has 0 aliphatic carbocycles. The van der Waals surface area contributed by atoms with Crippen molar-refractivity contribution in [3.8, 4) is 22.6 Å². The summed E-state index contributed by atoms with van der Waals surface area (Å²) >= 11 is 1.76. The molecule has 5 nitrogen and oxygen atoms in total. The second-order valence-corrected chi connectivity index (χ2v) is 8.27. The third kappa shape index (κ3) is 3.77. The number of rotatable bonds is 7. The second kappa shape index (κ2) is 8.33. The van der Waals surface area contributed by atoms with Crippen LogP contribution in [-0.4, -0.2) is 23.7 Å². The van der Waals surface area contributed by atoms with Crippen molar-refractivity contribution in [3.05, 3.63) is 57.5 Å². The van der Waals surface area contributed by atoms with E-state index in [9.17, 15) is 4.79 Å². The Balaban J connectivity index is 1.83. The van der Waals surface area contributed by atoms with Gasteiger partial charge in [-0.2, -0.15) is 0 Å². The predicted molar refractivity (Wildman–Crippen MR) is 116 cm³/mol. The first-order valence-corrected chi connectivity index (χ1v) is 10.9. The summed E-state index contributed by atoms with van der Waals surface area (Å²) < 4.78 is 13.7. The van der Waals surface area contributed by atoms with Crippen LogP contribution in [-0.2, 0) is 19.4 Å². The molecule has 0 spiro atoms. The Morgan fingerprint density at radius 3 is 2.66 bits per heavy atom. The van der Waals surface area contributed by atoms with Gasteiger partial charge >= 0.3 is 0 Å². The molecule has 0 bridgehead atoms. The lowest BCUT2D eigenvalue weighted by Crippen LogP contribution is -2.15. The number of ether oxygens (including phenoxy) is 2. The van der Waals surface area contributed by atoms with Gasteiger partial charge < -0.3 is 19.8 Å². The molecule has 6 heteroatoms. The van der Waals surface area contributed by atoms with E-state index in [0.717, 1.165) is 59.8 Å². The van der Waals surface area contributed by atoms with Crippen molar-refractivity contribution in [1.82, 2.24) is 4.57 Å². The number of aryl methyl sites for hydroxylation is 1. The average molecular weight is 411 g/mol. The van der Waals surface area contributed by atoms with Crippen molar-refractivity contribution >= 4 is 17.2 Å². The summed E-state index contributed by atoms with van der Waals surface area (Å²) in [5.41, 5.74) is 10.4. The van der Waals surface area contributed by atoms with Gasteiger partial charge in [0.25, 0.3) is 5.91 Å². The van der Waals surface area contributed by atoms with E-state index in [0.29, 0.717) is 18.8 Å². The number of nitrogens with two attached hydrogens (primary N) is 1. The summed E-state index contributed by atoms with van der Waals surface area (Å²) in [7, 11) is 0. The minimum atomic E-state index is -0.389. The van der Waals surface area contributed by atoms with Crippen LogP contribution < -0.4 is 15.2 Å². The number of carbonyl (C=O) groups is 1. The highest BCUT2D eigenvalue weighted by atomic mass is 32.1. The van der Waals surface area contributed by atoms with Gasteiger partial charge in [-0.25, -0.2) is 0 Å². The van der Waals surface area contributed by atoms with Crippen LogP contribution >= 0.6 is 11.3 Å². The van der Waals surface area contributed by atoms with Crippen LogP contribution in [0, 0.1) is 6.92 Å². The Labute approximate surface area is 175 Å². The molecule has 3 heterocycles. The number of nitrogens with zero attached hydrogens (tertiary/aromatic N) is 1. The lowest BCUT2D eigenvalue weighted by molar-refractivity contribution is 0.1000. The van der Waals surface area contributed by atoms with Crippen LogP contribution in [0.4, 0.5) is 0 Å². The molecule has 2 aromatic heterocycles. The van der Waals surface area contributed by atoms with Crippen molar-refractivity contribution in [3.63, 3.8) is 0 Å². The van der Waals surface area contributed by atoms with Crippen molar-refractivity contribution in [2.24, 2.45) is 5.73 Å². The van der Waals surface area contributed by atoms with E-state index in [2.05, 4.69) is 29.0 Å². The van der Waals surface area contributed by atoms with Gasteiger partial charge in [0.2, 0.25) is 0 Å². The first kappa shape index (κ1) is 19.6. The molecule has 1 aromatic carbocycles. The molecule has 4 rings (SSSR count). The van der Waals surface area contributed by atoms with Crippen LogP contribution in [0.5, 0.6) is 11.5 Å². The van der Waals surface area contributed by atoms with Crippen LogP contribution in [0.25, 0.3) is 11.1 Å². The Bertz CT molecular complexity index is 1020. The minimum Gasteiger partial charge on any atom is -0.486 e. The highest BCUT2D eigenvalue weighted by Crippen LogP contribution is 2.39. The van der Waals surface area contributed by atoms with Crippen LogP contribution in [0.1, 0.15) is 40.0 Å². The van der Waals surface area contributed by atoms with Crippen LogP contribution in [0.3, 0.4) is 0 Å². The number of benzene rings is 1. The fraction of sp³-hybridized carbons (Fsp3) is 0.348. The first-order chi connectivity index (χ1) is 14.1. The fourth-order valence-corrected chi connectivity index (χ4v) is 4.78. The smallest absolute Gasteiger partial charge is 0.251 e. The normalized spacial score (nSPS) is 12.9. The van der Waals surface area contributed by atoms with Crippen molar-refractivity contribution in [2.45, 2.75) is 39.7 Å². The number of fused-ring (bicyclic) bond motifs is 1. The summed E-state index contributed by atoms with van der Waals surface area (Å²) in [6.07, 6.45) is 2.79. The molecular weight excluding hydrogens is 384 g/mol. The third-order valence-corrected chi connectivity index (χ3v) is 6.29. The lowest BCUT2D eigenvalue weighted by atomic mass is 9.97. The van der Waals surface area contributed by atoms with Gasteiger partial charge in [0.1, 0.15) is 13.2 Å². The molecule has 0 saturated heterocycles. The Hall–Kier alpha value is -2.73. The lowest BCUT2D eigenvalue weighted by Gasteiger charge is -2.19. The van der Waals surface area contributed by atoms with E-state index in [1.807, 2.05) is 25.1 Å². The molecule has 2 N–H and O–H groups in total. The molecule has 0 unspecified atom stereocenters. The number of hydrogen-bond donors (Lipinski definition) is 1. The summed E-state index contributed by atoms with van der Waals surface area (Å²) in [5.74, 6) is 1.07. The minimum absolute atomic E-state index is 0.389. The van der Waals surface area contributed by atoms with Gasteiger partial charge in [-0.1, -0.05) is 25.5 Å². The van der Waals surface area contributed by atoms with Gasteiger partial charge in [-0.3, -0.25) is 4.79 Å². The van der Waals surface area contributed by atoms with E-state index in [-0.39, 0.29) is 5.91 Å². The maximum Gasteiger partial charge on any atom is 0.251 e. The number of hydrogen-bond acceptors (Lipinski definition) is 4. The molecule has 0 saturated carbocycles. The average Bonchev–Trinajstić information content (AvgIpc) is 3.33. The van der Waals surface area contributed by atoms with Crippen molar-refractivity contribution < 1.29 is 14.3 Å². The van der Waals surface area contributed by atoms with E-state index >= 15 is 0 Å². The standard InChI is InChI=1S/C23H26N2O3S/c1-3-5-18-22(16-7-8-19-20(14-16)28-12-11-27-19)21(23(24)26)15(2)25(18)10-9-17-6-4-13-29-17/h4,6-8,13-14H,3,5,9-12H2,1-2H3,(H2,24,26). The van der Waals surface area contributed by atoms with Crippen LogP contribution in [0.2, 0.25) is 0 Å². The zero-order valence-electron chi connectivity index (χ0n) is 16.9. The summed E-state index contributed by atoms with van der Waals surface area (Å²) in [6.45, 7) is 6.06. The predicted octanol–water partition coefficient (Wildman–Crippen LogP) is 4.59. The number of carbonyl (C=O) groups excluding carboxylic acids is 1. The van der Waals surface area contributed by atoms with E-state index < -0.39 is 0 Å². The first-order valence-electron chi connectivity index (χ1n) is 10.0. The topological polar surface area (TPSA) is 66.5 Å². The highest BCUT2D eigenvalue weighted by molar-refractivity contribution is 7.09. The zero-order valence-corrected chi connectivity index (χ0v) is 17.7. The molecule has 0 fully saturated rings. The maximum absolute atomic E-state index is 12.5. The van der Waals surface area contributed by atoms with Gasteiger partial charge in [-0.15, -0.1) is 11.3 Å². The SMILES string of the molecule is CCCc1c(-c2ccc3c(c2)OCCO3)c(C(N)=O)c(C)n1CCc1cccs1. The van der Waals surface area contributed by atoms with Gasteiger partial charge in [-0.05, 0) is 48.9 Å². The summed E-state index contributed by atoms with van der Waals surface area (Å²) in [5, 5.41) is 2.10. The largest absolute Gasteiger partial charge is 0.486 e. The molecule has 0 radical (unpaired) electrons. The monoisotopic (exact) mass is 410 g/mol. The van der Waals surface area contributed by atoms with Crippen molar-refractivity contribution in [1.29, 1.82) is 0 Å². The second-order valence-electron chi connectivity index (χ2n) is 7.24. The fourth-order valence-electron chi connectivity index (χ4n) is 4.09. The summed E-state index contributed by atoms with van der Waals surface area (Å²) in [4.78, 5) is 13.8. The number of primary amides is 1.